The Kier molecular flexibility index (Phi) is 35.4. The fourth-order valence-corrected chi connectivity index (χ4v) is 13.8. The number of nitrogens with one attached hydrogen (secondary N) is 19. The molecule has 1 aliphatic heterocycles. The van der Waals surface area contributed by atoms with E-state index in [2.05, 4.69) is 104 Å². The summed E-state index contributed by atoms with van der Waals surface area (Å²) in [7, 11) is 2.81. The number of guanidine groups is 2. The van der Waals surface area contributed by atoms with Gasteiger partial charge in [0.05, 0.1) is 44.4 Å². The highest BCUT2D eigenvalue weighted by molar-refractivity contribution is 8.00. The standard InChI is InChI=1S/C77H103N27O16S/c1-4-50-67(112)98-55(26-44-30-88-51-15-9-8-14-49(44)51)70(115)99-56(27-45-31-83-39-91-45)65(110)90-35-63(108)94-59(36-105)73(118)97-53(17-11-23-87-77(81)82)75(120)104(3)61(25-43-18-20-48(106)21-19-43)74(119)101-57(28-46-32-84-40-92-46)71(116)96-52(16-10-22-86-76(79)80)68(113)100-58(29-47-33-85-41-103(47)2)72(117)102-60(66(111)89-34-62(78)107)37-121-38-64(109)93-54(69(114)95-50)24-42-12-6-5-7-13-42/h5-9,12-15,18-21,30-33,39-41,50,52-61,88,105-106H,4,10-11,16-17,22-29,34-38H2,1-3H3,(H2,78,107)(H,83,91)(H,84,92)(H,89,111)(H,90,110)(H,93,109)(H,94,108)(H,95,114)(H,96,116)(H,97,118)(H,98,112)(H,99,115)(H,100,113)(H,101,119)(H,102,117)(H4,79,80,86)(H4,81,82,87)/t50-,52-,53-,54-,55-,56-,57-,58-,59-,60-,61-/m0/s1. The van der Waals surface area contributed by atoms with Crippen LogP contribution in [0.2, 0.25) is 0 Å². The number of hydrogen-bond acceptors (Lipinski definition) is 22. The minimum absolute atomic E-state index is 0.00198. The van der Waals surface area contributed by atoms with Gasteiger partial charge in [-0.2, -0.15) is 0 Å². The Balaban J connectivity index is 1.19. The summed E-state index contributed by atoms with van der Waals surface area (Å²) in [6.45, 7) is -1.22. The highest BCUT2D eigenvalue weighted by Gasteiger charge is 2.39. The van der Waals surface area contributed by atoms with Gasteiger partial charge in [0.25, 0.3) is 0 Å². The fraction of sp³-hybridized carbons (Fsp3) is 0.416. The Bertz CT molecular complexity index is 4740. The van der Waals surface area contributed by atoms with Crippen molar-refractivity contribution < 1.29 is 77.3 Å². The van der Waals surface area contributed by atoms with Crippen molar-refractivity contribution in [1.82, 2.24) is 114 Å². The molecule has 3 aromatic carbocycles. The van der Waals surface area contributed by atoms with E-state index in [9.17, 15) is 53.4 Å². The highest BCUT2D eigenvalue weighted by atomic mass is 32.2. The van der Waals surface area contributed by atoms with Crippen molar-refractivity contribution >= 4 is 117 Å². The molecule has 11 atom stereocenters. The summed E-state index contributed by atoms with van der Waals surface area (Å²) in [5, 5.41) is 73.7. The summed E-state index contributed by atoms with van der Waals surface area (Å²) >= 11 is 0.796. The van der Waals surface area contributed by atoms with Gasteiger partial charge in [-0.05, 0) is 67.0 Å². The number of phenolic OH excluding ortho intramolecular Hbond substituents is 1. The molecule has 5 heterocycles. The summed E-state index contributed by atoms with van der Waals surface area (Å²) < 4.78 is 1.53. The summed E-state index contributed by atoms with van der Waals surface area (Å²) in [6, 6.07) is 3.57. The van der Waals surface area contributed by atoms with E-state index in [1.807, 2.05) is 0 Å². The number of hydrogen-bond donors (Lipinski definition) is 24. The van der Waals surface area contributed by atoms with Gasteiger partial charge >= 0.3 is 0 Å². The zero-order valence-electron chi connectivity index (χ0n) is 66.6. The van der Waals surface area contributed by atoms with Crippen LogP contribution in [-0.4, -0.2) is 262 Å². The average molecular weight is 1690 g/mol. The molecule has 14 amide bonds. The van der Waals surface area contributed by atoms with Crippen molar-refractivity contribution in [3.05, 3.63) is 156 Å². The number of imidazole rings is 3. The molecule has 4 aromatic heterocycles. The number of nitrogens with zero attached hydrogens (tertiary/aromatic N) is 5. The molecule has 27 N–H and O–H groups in total. The number of H-pyrrole nitrogens is 3. The zero-order chi connectivity index (χ0) is 87.7. The second kappa shape index (κ2) is 46.3. The van der Waals surface area contributed by atoms with Crippen molar-refractivity contribution in [3.8, 4) is 5.75 Å². The van der Waals surface area contributed by atoms with Crippen LogP contribution in [0.15, 0.2) is 123 Å². The molecular formula is C77H103N27O16S. The SMILES string of the molecule is CC[C@@H]1NC(=O)[C@H](Cc2ccccc2)NC(=O)CSC[C@@H](C(=O)NCC(N)=O)NC(=O)[C@H](Cc2cncn2C)NC(=O)[C@H](CCCNC(=N)N)NC(=O)[C@H](Cc2cnc[nH]2)NC(=O)[C@H](Cc2ccc(O)cc2)N(C)C(=O)[C@H](CCCNC(=N)N)NC(=O)[C@H](CO)NC(=O)CNC(=O)[C@H](Cc2cnc[nH]2)NC(=O)[C@H](Cc2c[nH]c3ccccc23)NC1=O. The quantitative estimate of drug-likeness (QED) is 0.0144. The lowest BCUT2D eigenvalue weighted by Gasteiger charge is -2.33. The maximum Gasteiger partial charge on any atom is 0.245 e. The maximum atomic E-state index is 15.4. The molecule has 121 heavy (non-hydrogen) atoms. The average Bonchev–Trinajstić information content (AvgIpc) is 1.75. The van der Waals surface area contributed by atoms with E-state index in [-0.39, 0.29) is 95.2 Å². The Morgan fingerprint density at radius 2 is 1.04 bits per heavy atom. The van der Waals surface area contributed by atoms with Crippen LogP contribution in [-0.2, 0) is 113 Å². The molecule has 0 spiro atoms. The van der Waals surface area contributed by atoms with Gasteiger partial charge in [0.2, 0.25) is 82.7 Å². The van der Waals surface area contributed by atoms with Crippen LogP contribution in [0.4, 0.5) is 0 Å². The number of aromatic amines is 3. The molecule has 8 rings (SSSR count). The van der Waals surface area contributed by atoms with E-state index in [1.165, 1.54) is 73.5 Å². The monoisotopic (exact) mass is 1690 g/mol. The number of aromatic nitrogens is 7. The van der Waals surface area contributed by atoms with Crippen LogP contribution in [0.3, 0.4) is 0 Å². The molecular weight excluding hydrogens is 1590 g/mol. The first kappa shape index (κ1) is 92.6. The van der Waals surface area contributed by atoms with E-state index >= 15 is 24.0 Å². The number of phenols is 1. The van der Waals surface area contributed by atoms with E-state index in [4.69, 9.17) is 28.0 Å². The number of benzene rings is 3. The van der Waals surface area contributed by atoms with Gasteiger partial charge in [-0.15, -0.1) is 11.8 Å². The minimum atomic E-state index is -1.85. The van der Waals surface area contributed by atoms with Gasteiger partial charge in [0.15, 0.2) is 11.9 Å². The molecule has 1 aliphatic rings. The molecule has 0 unspecified atom stereocenters. The van der Waals surface area contributed by atoms with Crippen LogP contribution < -0.4 is 91.6 Å². The molecule has 0 aliphatic carbocycles. The lowest BCUT2D eigenvalue weighted by atomic mass is 10.0. The highest BCUT2D eigenvalue weighted by Crippen LogP contribution is 2.22. The number of primary amides is 1. The van der Waals surface area contributed by atoms with Crippen molar-refractivity contribution in [1.29, 1.82) is 10.8 Å². The Morgan fingerprint density at radius 3 is 1.63 bits per heavy atom. The number of fused-ring (bicyclic) bond motifs is 1. The molecule has 0 bridgehead atoms. The Hall–Kier alpha value is -13.9. The van der Waals surface area contributed by atoms with E-state index in [1.54, 1.807) is 74.8 Å². The van der Waals surface area contributed by atoms with Gasteiger partial charge in [-0.25, -0.2) is 15.0 Å². The third-order valence-corrected chi connectivity index (χ3v) is 20.5. The van der Waals surface area contributed by atoms with Crippen molar-refractivity contribution in [2.75, 3.05) is 51.3 Å². The van der Waals surface area contributed by atoms with E-state index in [0.717, 1.165) is 16.7 Å². The van der Waals surface area contributed by atoms with Crippen molar-refractivity contribution in [2.24, 2.45) is 24.2 Å². The summed E-state index contributed by atoms with van der Waals surface area (Å²) in [4.78, 5) is 226. The lowest BCUT2D eigenvalue weighted by Crippen LogP contribution is -2.61. The number of amides is 14. The predicted molar refractivity (Wildman–Crippen MR) is 440 cm³/mol. The Morgan fingerprint density at radius 1 is 0.529 bits per heavy atom. The van der Waals surface area contributed by atoms with Crippen LogP contribution in [0.1, 0.15) is 72.8 Å². The minimum Gasteiger partial charge on any atom is -0.508 e. The second-order valence-electron chi connectivity index (χ2n) is 28.6. The molecule has 44 heteroatoms. The number of aromatic hydroxyl groups is 1. The van der Waals surface area contributed by atoms with E-state index < -0.39 is 192 Å². The predicted octanol–water partition coefficient (Wildman–Crippen LogP) is -6.12. The van der Waals surface area contributed by atoms with Crippen LogP contribution in [0, 0.1) is 10.8 Å². The third kappa shape index (κ3) is 29.3. The van der Waals surface area contributed by atoms with Crippen LogP contribution >= 0.6 is 11.8 Å². The van der Waals surface area contributed by atoms with Crippen molar-refractivity contribution in [3.63, 3.8) is 0 Å². The number of aryl methyl sites for hydroxylation is 1. The number of carbonyl (C=O) groups excluding carboxylic acids is 14. The molecule has 7 aromatic rings. The first-order chi connectivity index (χ1) is 57.9. The number of likely N-dealkylation sites (N-methyl/N-ethyl adjacent to an activating group) is 1. The van der Waals surface area contributed by atoms with Gasteiger partial charge in [0.1, 0.15) is 72.2 Å². The Labute approximate surface area is 697 Å². The maximum absolute atomic E-state index is 15.4. The summed E-state index contributed by atoms with van der Waals surface area (Å²) in [5.74, 6) is -15.6. The number of rotatable bonds is 25. The molecule has 1 saturated heterocycles. The topological polar surface area (TPSA) is 668 Å². The lowest BCUT2D eigenvalue weighted by molar-refractivity contribution is -0.143. The molecule has 1 fully saturated rings. The molecule has 648 valence electrons. The second-order valence-corrected chi connectivity index (χ2v) is 29.6. The van der Waals surface area contributed by atoms with Gasteiger partial charge < -0.3 is 126 Å². The summed E-state index contributed by atoms with van der Waals surface area (Å²) in [5.41, 5.74) is 19.7. The number of carbonyl (C=O) groups is 14. The van der Waals surface area contributed by atoms with E-state index in [0.29, 0.717) is 39.0 Å². The van der Waals surface area contributed by atoms with Crippen molar-refractivity contribution in [2.45, 2.75) is 144 Å². The molecule has 0 radical (unpaired) electrons. The largest absolute Gasteiger partial charge is 0.508 e. The number of nitrogens with two attached hydrogens (primary N) is 3. The van der Waals surface area contributed by atoms with Crippen LogP contribution in [0.25, 0.3) is 10.9 Å². The fourth-order valence-electron chi connectivity index (χ4n) is 12.9. The molecule has 43 nitrogen and oxygen atoms in total. The first-order valence-corrected chi connectivity index (χ1v) is 39.8. The van der Waals surface area contributed by atoms with Crippen LogP contribution in [0.5, 0.6) is 5.75 Å². The number of para-hydroxylation sites is 1. The first-order valence-electron chi connectivity index (χ1n) is 38.7. The van der Waals surface area contributed by atoms with Gasteiger partial charge in [0, 0.05) is 124 Å². The summed E-state index contributed by atoms with van der Waals surface area (Å²) in [6.07, 6.45) is 7.43. The normalized spacial score (nSPS) is 21.9. The number of thioether (sulfide) groups is 1. The smallest absolute Gasteiger partial charge is 0.245 e. The zero-order valence-corrected chi connectivity index (χ0v) is 67.4. The number of aliphatic hydroxyl groups is 1. The molecule has 0 saturated carbocycles. The van der Waals surface area contributed by atoms with Gasteiger partial charge in [-0.1, -0.05) is 67.6 Å². The number of aliphatic hydroxyl groups excluding tert-OH is 1. The van der Waals surface area contributed by atoms with Gasteiger partial charge in [-0.3, -0.25) is 77.9 Å². The third-order valence-electron chi connectivity index (χ3n) is 19.4.